The van der Waals surface area contributed by atoms with Crippen molar-refractivity contribution in [2.24, 2.45) is 0 Å². The third-order valence-electron chi connectivity index (χ3n) is 12.8. The highest BCUT2D eigenvalue weighted by atomic mass is 16.6. The second kappa shape index (κ2) is 59.9. The van der Waals surface area contributed by atoms with E-state index in [-0.39, 0.29) is 37.5 Å². The molecule has 0 aliphatic rings. The van der Waals surface area contributed by atoms with Gasteiger partial charge in [0, 0.05) is 19.3 Å². The van der Waals surface area contributed by atoms with Crippen molar-refractivity contribution in [1.82, 2.24) is 0 Å². The lowest BCUT2D eigenvalue weighted by molar-refractivity contribution is -0.167. The molecule has 0 heterocycles. The predicted molar refractivity (Wildman–Crippen MR) is 311 cm³/mol. The Balaban J connectivity index is 4.34. The van der Waals surface area contributed by atoms with E-state index in [1.54, 1.807) is 0 Å². The Bertz CT molecular complexity index is 1430. The molecule has 0 saturated carbocycles. The maximum Gasteiger partial charge on any atom is 0.306 e. The Kier molecular flexibility index (Phi) is 56.8. The lowest BCUT2D eigenvalue weighted by atomic mass is 10.0. The van der Waals surface area contributed by atoms with Gasteiger partial charge in [0.2, 0.25) is 0 Å². The molecule has 0 aromatic heterocycles. The molecule has 0 aliphatic carbocycles. The normalized spacial score (nSPS) is 12.8. The number of unbranched alkanes of at least 4 members (excludes halogenated alkanes) is 27. The first-order valence-electron chi connectivity index (χ1n) is 30.2. The fourth-order valence-electron chi connectivity index (χ4n) is 8.25. The molecule has 6 heteroatoms. The van der Waals surface area contributed by atoms with E-state index >= 15 is 0 Å². The summed E-state index contributed by atoms with van der Waals surface area (Å²) in [6.45, 7) is 6.44. The zero-order valence-corrected chi connectivity index (χ0v) is 47.2. The largest absolute Gasteiger partial charge is 0.462 e. The van der Waals surface area contributed by atoms with Crippen LogP contribution in [-0.2, 0) is 28.6 Å². The van der Waals surface area contributed by atoms with Crippen molar-refractivity contribution in [2.45, 2.75) is 290 Å². The number of hydrogen-bond donors (Lipinski definition) is 0. The highest BCUT2D eigenvalue weighted by Gasteiger charge is 2.19. The first kappa shape index (κ1) is 68.3. The summed E-state index contributed by atoms with van der Waals surface area (Å²) in [5, 5.41) is 0. The van der Waals surface area contributed by atoms with E-state index in [1.165, 1.54) is 128 Å². The van der Waals surface area contributed by atoms with Crippen LogP contribution in [0.5, 0.6) is 0 Å². The molecule has 0 aliphatic heterocycles. The highest BCUT2D eigenvalue weighted by Crippen LogP contribution is 2.15. The van der Waals surface area contributed by atoms with Crippen LogP contribution in [0.4, 0.5) is 0 Å². The van der Waals surface area contributed by atoms with Gasteiger partial charge in [0.15, 0.2) is 6.10 Å². The molecule has 72 heavy (non-hydrogen) atoms. The van der Waals surface area contributed by atoms with Gasteiger partial charge in [-0.3, -0.25) is 14.4 Å². The molecule has 0 saturated heterocycles. The fraction of sp³-hybridized carbons (Fsp3) is 0.712. The topological polar surface area (TPSA) is 78.9 Å². The van der Waals surface area contributed by atoms with E-state index in [9.17, 15) is 14.4 Å². The van der Waals surface area contributed by atoms with Gasteiger partial charge in [-0.2, -0.15) is 0 Å². The second-order valence-electron chi connectivity index (χ2n) is 19.9. The molecule has 0 bridgehead atoms. The Morgan fingerprint density at radius 3 is 0.917 bits per heavy atom. The van der Waals surface area contributed by atoms with Gasteiger partial charge in [0.25, 0.3) is 0 Å². The average molecular weight is 1000 g/mol. The Labute approximate surface area is 445 Å². The zero-order chi connectivity index (χ0) is 52.2. The van der Waals surface area contributed by atoms with Gasteiger partial charge in [0.1, 0.15) is 13.2 Å². The summed E-state index contributed by atoms with van der Waals surface area (Å²) in [4.78, 5) is 38.2. The van der Waals surface area contributed by atoms with Crippen molar-refractivity contribution in [3.05, 3.63) is 97.2 Å². The van der Waals surface area contributed by atoms with Crippen molar-refractivity contribution < 1.29 is 28.6 Å². The van der Waals surface area contributed by atoms with Crippen LogP contribution >= 0.6 is 0 Å². The van der Waals surface area contributed by atoms with Gasteiger partial charge in [-0.05, 0) is 116 Å². The van der Waals surface area contributed by atoms with E-state index in [4.69, 9.17) is 14.2 Å². The van der Waals surface area contributed by atoms with Crippen LogP contribution in [0.25, 0.3) is 0 Å². The minimum atomic E-state index is -0.806. The van der Waals surface area contributed by atoms with Crippen LogP contribution in [0.3, 0.4) is 0 Å². The van der Waals surface area contributed by atoms with E-state index in [1.807, 2.05) is 0 Å². The molecule has 0 radical (unpaired) electrons. The maximum atomic E-state index is 12.8. The van der Waals surface area contributed by atoms with E-state index < -0.39 is 6.10 Å². The summed E-state index contributed by atoms with van der Waals surface area (Å²) in [7, 11) is 0. The standard InChI is InChI=1S/C66H112O6/c1-4-7-10-13-16-19-22-25-28-29-30-31-32-33-34-35-36-37-39-41-44-47-50-53-56-59-65(68)71-62-63(61-70-64(67)58-55-52-49-46-43-40-27-24-21-18-15-12-9-6-3)72-66(69)60-57-54-51-48-45-42-38-26-23-20-17-14-11-8-5-2/h8,11,15,17-18,20,22,24-27,29-30,38,45,48,63H,4-7,9-10,12-14,16,19,21,23,28,31-37,39-44,46-47,49-62H2,1-3H3/b11-8-,18-15-,20-17-,25-22-,27-24-,30-29-,38-26-,48-45-. The van der Waals surface area contributed by atoms with Crippen LogP contribution in [0.15, 0.2) is 97.2 Å². The number of ether oxygens (including phenoxy) is 3. The van der Waals surface area contributed by atoms with Crippen LogP contribution in [-0.4, -0.2) is 37.2 Å². The molecule has 0 fully saturated rings. The Hall–Kier alpha value is -3.67. The molecular formula is C66H112O6. The molecule has 0 spiro atoms. The smallest absolute Gasteiger partial charge is 0.306 e. The average Bonchev–Trinajstić information content (AvgIpc) is 3.38. The number of hydrogen-bond acceptors (Lipinski definition) is 6. The van der Waals surface area contributed by atoms with Crippen LogP contribution in [0.2, 0.25) is 0 Å². The third-order valence-corrected chi connectivity index (χ3v) is 12.8. The fourth-order valence-corrected chi connectivity index (χ4v) is 8.25. The molecule has 0 aromatic rings. The molecular weight excluding hydrogens is 889 g/mol. The number of rotatable bonds is 54. The SMILES string of the molecule is CC/C=C\C/C=C\C/C=C\C/C=C\CCCCC(=O)OC(COC(=O)CCCCCCC/C=C\C/C=C\CCCC)COC(=O)CCCCCCCCCCCCCCC/C=C\C/C=C\CCCCCCC. The number of allylic oxidation sites excluding steroid dienone is 16. The highest BCUT2D eigenvalue weighted by molar-refractivity contribution is 5.71. The summed E-state index contributed by atoms with van der Waals surface area (Å²) in [5.74, 6) is -0.952. The van der Waals surface area contributed by atoms with Gasteiger partial charge < -0.3 is 14.2 Å². The molecule has 412 valence electrons. The summed E-state index contributed by atoms with van der Waals surface area (Å²) in [6.07, 6.45) is 79.8. The van der Waals surface area contributed by atoms with Gasteiger partial charge in [-0.25, -0.2) is 0 Å². The Morgan fingerprint density at radius 1 is 0.292 bits per heavy atom. The minimum Gasteiger partial charge on any atom is -0.462 e. The number of carbonyl (C=O) groups excluding carboxylic acids is 3. The van der Waals surface area contributed by atoms with Gasteiger partial charge in [-0.1, -0.05) is 246 Å². The molecule has 6 nitrogen and oxygen atoms in total. The maximum absolute atomic E-state index is 12.8. The molecule has 0 N–H and O–H groups in total. The van der Waals surface area contributed by atoms with Gasteiger partial charge in [0.05, 0.1) is 0 Å². The predicted octanol–water partition coefficient (Wildman–Crippen LogP) is 20.5. The van der Waals surface area contributed by atoms with E-state index in [2.05, 4.69) is 118 Å². The third kappa shape index (κ3) is 57.2. The summed E-state index contributed by atoms with van der Waals surface area (Å²) < 4.78 is 16.8. The number of carbonyl (C=O) groups is 3. The molecule has 0 amide bonds. The molecule has 0 aromatic carbocycles. The number of esters is 3. The molecule has 1 atom stereocenters. The van der Waals surface area contributed by atoms with Crippen molar-refractivity contribution in [1.29, 1.82) is 0 Å². The van der Waals surface area contributed by atoms with Crippen molar-refractivity contribution in [3.8, 4) is 0 Å². The van der Waals surface area contributed by atoms with Crippen molar-refractivity contribution >= 4 is 17.9 Å². The van der Waals surface area contributed by atoms with Crippen LogP contribution in [0.1, 0.15) is 284 Å². The van der Waals surface area contributed by atoms with Crippen LogP contribution < -0.4 is 0 Å². The van der Waals surface area contributed by atoms with Gasteiger partial charge >= 0.3 is 17.9 Å². The monoisotopic (exact) mass is 1000 g/mol. The lowest BCUT2D eigenvalue weighted by Gasteiger charge is -2.18. The molecule has 0 rings (SSSR count). The second-order valence-corrected chi connectivity index (χ2v) is 19.9. The Morgan fingerprint density at radius 2 is 0.556 bits per heavy atom. The van der Waals surface area contributed by atoms with Gasteiger partial charge in [-0.15, -0.1) is 0 Å². The van der Waals surface area contributed by atoms with Crippen LogP contribution in [0, 0.1) is 0 Å². The summed E-state index contributed by atoms with van der Waals surface area (Å²) in [6, 6.07) is 0. The first-order chi connectivity index (χ1) is 35.5. The minimum absolute atomic E-state index is 0.0990. The first-order valence-corrected chi connectivity index (χ1v) is 30.2. The van der Waals surface area contributed by atoms with Crippen molar-refractivity contribution in [2.75, 3.05) is 13.2 Å². The molecule has 1 unspecified atom stereocenters. The van der Waals surface area contributed by atoms with Crippen molar-refractivity contribution in [3.63, 3.8) is 0 Å². The summed E-state index contributed by atoms with van der Waals surface area (Å²) in [5.41, 5.74) is 0. The zero-order valence-electron chi connectivity index (χ0n) is 47.2. The van der Waals surface area contributed by atoms with E-state index in [0.29, 0.717) is 19.3 Å². The quantitative estimate of drug-likeness (QED) is 0.0261. The van der Waals surface area contributed by atoms with E-state index in [0.717, 1.165) is 109 Å². The lowest BCUT2D eigenvalue weighted by Crippen LogP contribution is -2.30. The summed E-state index contributed by atoms with van der Waals surface area (Å²) >= 11 is 0.